The molecule has 0 aliphatic heterocycles. The average molecular weight is 1060 g/mol. The van der Waals surface area contributed by atoms with Crippen LogP contribution in [0, 0.1) is 34.5 Å². The number of esters is 1. The number of nitrogens with two attached hydrogens (primary N) is 2. The summed E-state index contributed by atoms with van der Waals surface area (Å²) in [4.78, 5) is 39.8. The van der Waals surface area contributed by atoms with E-state index in [1.807, 2.05) is 34.6 Å². The van der Waals surface area contributed by atoms with Crippen molar-refractivity contribution < 1.29 is 23.9 Å². The van der Waals surface area contributed by atoms with Crippen LogP contribution in [-0.2, 0) is 23.9 Å². The van der Waals surface area contributed by atoms with E-state index in [0.717, 1.165) is 56.5 Å². The molecule has 4 N–H and O–H groups in total. The Bertz CT molecular complexity index is 1180. The zero-order chi connectivity index (χ0) is 59.1. The molecule has 0 rings (SSSR count). The highest BCUT2D eigenvalue weighted by molar-refractivity contribution is 5.80. The van der Waals surface area contributed by atoms with Gasteiger partial charge in [0.2, 0.25) is 0 Å². The molecule has 0 amide bonds. The number of unbranched alkanes of at least 4 members (excludes halogenated alkanes) is 1. The standard InChI is InChI=1S/C14H31N.C13H29NO.C12H27N.C10H20O.C8H17NO2.C7H15NO/c1-7-15(8-2)11-9-10-13(3)12-14(4,5)6;1-7-14(8-2)11-9-10-12(3)15-13(4,5)6;1-6-13(7-2)10-8-9-12(5)11(3)4;1-9(11)7-5-6-8-10(2,3)4;1-8(2,3)11-7(10)5-4-6-9;1-6(2)7(9)4-3-5-8/h13H,7-12H2,1-6H3;12H,7-11H2,1-6H3;11-12H,6-10H2,1-5H3;5-8H2,1-4H3;4-6,9H2,1-3H3;6H,3-5,8H2,1-2H3. The summed E-state index contributed by atoms with van der Waals surface area (Å²) in [5.74, 6) is 3.26. The Morgan fingerprint density at radius 3 is 1.22 bits per heavy atom. The Balaban J connectivity index is -0.000000189. The third-order valence-electron chi connectivity index (χ3n) is 12.7. The minimum atomic E-state index is -0.369. The van der Waals surface area contributed by atoms with Crippen molar-refractivity contribution in [1.29, 1.82) is 0 Å². The van der Waals surface area contributed by atoms with Gasteiger partial charge in [0.25, 0.3) is 0 Å². The second-order valence-corrected chi connectivity index (χ2v) is 26.1. The number of ketones is 2. The predicted molar refractivity (Wildman–Crippen MR) is 329 cm³/mol. The molecule has 0 saturated heterocycles. The molecule has 0 heterocycles. The van der Waals surface area contributed by atoms with Gasteiger partial charge in [-0.05, 0) is 227 Å². The topological polar surface area (TPSA) is 131 Å². The molecule has 0 radical (unpaired) electrons. The van der Waals surface area contributed by atoms with E-state index in [-0.39, 0.29) is 23.1 Å². The highest BCUT2D eigenvalue weighted by Crippen LogP contribution is 2.27. The van der Waals surface area contributed by atoms with E-state index >= 15 is 0 Å². The van der Waals surface area contributed by atoms with Crippen molar-refractivity contribution in [3.8, 4) is 0 Å². The largest absolute Gasteiger partial charge is 0.460 e. The van der Waals surface area contributed by atoms with Gasteiger partial charge < -0.3 is 40.4 Å². The maximum absolute atomic E-state index is 10.9. The second kappa shape index (κ2) is 51.0. The van der Waals surface area contributed by atoms with Crippen LogP contribution in [0.2, 0.25) is 0 Å². The molecule has 3 unspecified atom stereocenters. The lowest BCUT2D eigenvalue weighted by atomic mass is 9.84. The zero-order valence-electron chi connectivity index (χ0n) is 55.3. The quantitative estimate of drug-likeness (QED) is 0.0496. The lowest BCUT2D eigenvalue weighted by Crippen LogP contribution is -2.28. The van der Waals surface area contributed by atoms with Crippen LogP contribution in [-0.4, -0.2) is 122 Å². The monoisotopic (exact) mass is 1060 g/mol. The molecule has 0 fully saturated rings. The van der Waals surface area contributed by atoms with Crippen molar-refractivity contribution in [3.05, 3.63) is 0 Å². The van der Waals surface area contributed by atoms with Crippen molar-refractivity contribution in [3.63, 3.8) is 0 Å². The maximum atomic E-state index is 10.9. The SMILES string of the molecule is CC(=O)CCCCC(C)(C)C.CC(C)(C)OC(=O)CCCN.CC(C)C(=O)CCCN.CCN(CC)CCCC(C)C(C)C.CCN(CC)CCCC(C)CC(C)(C)C.CCN(CC)CCCC(C)OC(C)(C)C. The first kappa shape index (κ1) is 83.9. The summed E-state index contributed by atoms with van der Waals surface area (Å²) < 4.78 is 10.9. The minimum Gasteiger partial charge on any atom is -0.460 e. The fourth-order valence-electron chi connectivity index (χ4n) is 7.90. The number of carbonyl (C=O) groups is 3. The third kappa shape index (κ3) is 74.8. The van der Waals surface area contributed by atoms with Crippen LogP contribution < -0.4 is 11.5 Å². The molecule has 0 aliphatic carbocycles. The number of rotatable bonds is 32. The van der Waals surface area contributed by atoms with Gasteiger partial charge in [-0.25, -0.2) is 0 Å². The summed E-state index contributed by atoms with van der Waals surface area (Å²) in [6.45, 7) is 68.2. The van der Waals surface area contributed by atoms with Crippen LogP contribution in [0.25, 0.3) is 0 Å². The van der Waals surface area contributed by atoms with Crippen LogP contribution in [0.3, 0.4) is 0 Å². The summed E-state index contributed by atoms with van der Waals surface area (Å²) in [7, 11) is 0. The summed E-state index contributed by atoms with van der Waals surface area (Å²) in [5.41, 5.74) is 11.0. The van der Waals surface area contributed by atoms with Gasteiger partial charge in [-0.1, -0.05) is 131 Å². The second-order valence-electron chi connectivity index (χ2n) is 26.1. The fourth-order valence-corrected chi connectivity index (χ4v) is 7.90. The van der Waals surface area contributed by atoms with Gasteiger partial charge >= 0.3 is 5.97 Å². The summed E-state index contributed by atoms with van der Waals surface area (Å²) >= 11 is 0. The van der Waals surface area contributed by atoms with Gasteiger partial charge in [-0.3, -0.25) is 9.59 Å². The van der Waals surface area contributed by atoms with Crippen molar-refractivity contribution in [2.45, 2.75) is 294 Å². The number of carbonyl (C=O) groups excluding carboxylic acids is 3. The van der Waals surface area contributed by atoms with Crippen LogP contribution in [0.4, 0.5) is 0 Å². The van der Waals surface area contributed by atoms with Crippen molar-refractivity contribution >= 4 is 17.5 Å². The molecular weight excluding hydrogens is 919 g/mol. The van der Waals surface area contributed by atoms with Crippen molar-refractivity contribution in [2.75, 3.05) is 72.0 Å². The molecule has 0 aliphatic rings. The number of nitrogens with zero attached hydrogens (tertiary/aromatic N) is 3. The summed E-state index contributed by atoms with van der Waals surface area (Å²) in [6.07, 6.45) is 16.4. The molecule has 0 aromatic carbocycles. The molecule has 3 atom stereocenters. The molecule has 450 valence electrons. The van der Waals surface area contributed by atoms with Crippen LogP contribution in [0.5, 0.6) is 0 Å². The number of Topliss-reactive ketones (excluding diaryl/α,β-unsaturated/α-hetero) is 2. The average Bonchev–Trinajstić information content (AvgIpc) is 3.27. The molecule has 0 aromatic heterocycles. The van der Waals surface area contributed by atoms with E-state index in [1.54, 1.807) is 6.92 Å². The van der Waals surface area contributed by atoms with Gasteiger partial charge in [-0.15, -0.1) is 0 Å². The molecule has 0 aromatic rings. The van der Waals surface area contributed by atoms with Gasteiger partial charge in [-0.2, -0.15) is 0 Å². The Labute approximate surface area is 465 Å². The Morgan fingerprint density at radius 1 is 0.486 bits per heavy atom. The third-order valence-corrected chi connectivity index (χ3v) is 12.7. The summed E-state index contributed by atoms with van der Waals surface area (Å²) in [6, 6.07) is 0. The first-order valence-electron chi connectivity index (χ1n) is 30.4. The highest BCUT2D eigenvalue weighted by atomic mass is 16.6. The number of ether oxygens (including phenoxy) is 2. The van der Waals surface area contributed by atoms with Crippen LogP contribution >= 0.6 is 0 Å². The molecule has 0 saturated carbocycles. The lowest BCUT2D eigenvalue weighted by Gasteiger charge is -2.26. The van der Waals surface area contributed by atoms with Gasteiger partial charge in [0.15, 0.2) is 0 Å². The molecule has 0 spiro atoms. The number of hydrogen-bond acceptors (Lipinski definition) is 10. The fraction of sp³-hybridized carbons (Fsp3) is 0.953. The molecule has 10 nitrogen and oxygen atoms in total. The van der Waals surface area contributed by atoms with Crippen molar-refractivity contribution in [2.24, 2.45) is 46.0 Å². The maximum Gasteiger partial charge on any atom is 0.306 e. The minimum absolute atomic E-state index is 0.00534. The van der Waals surface area contributed by atoms with Gasteiger partial charge in [0.1, 0.15) is 17.2 Å². The first-order chi connectivity index (χ1) is 33.9. The van der Waals surface area contributed by atoms with E-state index in [4.69, 9.17) is 20.9 Å². The van der Waals surface area contributed by atoms with E-state index in [0.29, 0.717) is 60.9 Å². The smallest absolute Gasteiger partial charge is 0.306 e. The van der Waals surface area contributed by atoms with Crippen LogP contribution in [0.15, 0.2) is 0 Å². The number of hydrogen-bond donors (Lipinski definition) is 2. The van der Waals surface area contributed by atoms with Gasteiger partial charge in [0, 0.05) is 25.2 Å². The Hall–Kier alpha value is -1.43. The Kier molecular flexibility index (Phi) is 57.8. The first-order valence-corrected chi connectivity index (χ1v) is 30.4. The van der Waals surface area contributed by atoms with E-state index < -0.39 is 0 Å². The predicted octanol–water partition coefficient (Wildman–Crippen LogP) is 16.1. The molecule has 10 heteroatoms. The lowest BCUT2D eigenvalue weighted by molar-refractivity contribution is -0.154. The molecule has 74 heavy (non-hydrogen) atoms. The van der Waals surface area contributed by atoms with Crippen LogP contribution in [0.1, 0.15) is 276 Å². The summed E-state index contributed by atoms with van der Waals surface area (Å²) in [5, 5.41) is 0. The zero-order valence-corrected chi connectivity index (χ0v) is 55.3. The van der Waals surface area contributed by atoms with E-state index in [9.17, 15) is 14.4 Å². The van der Waals surface area contributed by atoms with Gasteiger partial charge in [0.05, 0.1) is 11.7 Å². The normalized spacial score (nSPS) is 13.0. The Morgan fingerprint density at radius 2 is 0.892 bits per heavy atom. The molecule has 0 bridgehead atoms. The van der Waals surface area contributed by atoms with E-state index in [1.165, 1.54) is 97.2 Å². The van der Waals surface area contributed by atoms with E-state index in [2.05, 4.69) is 153 Å². The molecular formula is C64H139N5O5. The van der Waals surface area contributed by atoms with Crippen molar-refractivity contribution in [1.82, 2.24) is 14.7 Å². The highest BCUT2D eigenvalue weighted by Gasteiger charge is 2.17.